The second-order valence-electron chi connectivity index (χ2n) is 7.14. The number of hydrogen-bond acceptors (Lipinski definition) is 4. The number of nitrogens with one attached hydrogen (secondary N) is 1. The van der Waals surface area contributed by atoms with Crippen LogP contribution in [0.3, 0.4) is 0 Å². The van der Waals surface area contributed by atoms with Gasteiger partial charge in [-0.3, -0.25) is 0 Å². The van der Waals surface area contributed by atoms with Crippen LogP contribution in [0.25, 0.3) is 5.69 Å². The highest BCUT2D eigenvalue weighted by Crippen LogP contribution is 2.52. The lowest BCUT2D eigenvalue weighted by Crippen LogP contribution is -2.38. The van der Waals surface area contributed by atoms with Crippen molar-refractivity contribution in [3.05, 3.63) is 75.6 Å². The molecule has 0 unspecified atom stereocenters. The smallest absolute Gasteiger partial charge is 0.237 e. The Balaban J connectivity index is 1.69. The van der Waals surface area contributed by atoms with Crippen LogP contribution in [0.4, 0.5) is 5.69 Å². The molecule has 2 aliphatic heterocycles. The summed E-state index contributed by atoms with van der Waals surface area (Å²) in [5.41, 5.74) is 4.06. The number of aromatic nitrogens is 2. The van der Waals surface area contributed by atoms with Gasteiger partial charge in [0, 0.05) is 6.08 Å². The number of nitrogens with zero attached hydrogens (tertiary/aromatic N) is 2. The summed E-state index contributed by atoms with van der Waals surface area (Å²) >= 11 is 3.67. The van der Waals surface area contributed by atoms with Crippen molar-refractivity contribution >= 4 is 21.6 Å². The summed E-state index contributed by atoms with van der Waals surface area (Å²) in [6.45, 7) is 6.06. The van der Waals surface area contributed by atoms with Gasteiger partial charge in [0.05, 0.1) is 21.5 Å². The zero-order valence-corrected chi connectivity index (χ0v) is 17.5. The van der Waals surface area contributed by atoms with Crippen molar-refractivity contribution in [1.29, 1.82) is 0 Å². The van der Waals surface area contributed by atoms with Gasteiger partial charge in [0.1, 0.15) is 11.3 Å². The average Bonchev–Trinajstić information content (AvgIpc) is 3.20. The molecule has 2 aromatic carbocycles. The van der Waals surface area contributed by atoms with Gasteiger partial charge in [0.25, 0.3) is 0 Å². The normalized spacial score (nSPS) is 19.4. The number of allylic oxidation sites excluding steroid dienone is 1. The Morgan fingerprint density at radius 3 is 2.71 bits per heavy atom. The average molecular weight is 438 g/mol. The van der Waals surface area contributed by atoms with Crippen LogP contribution in [0.15, 0.2) is 58.8 Å². The third kappa shape index (κ3) is 2.48. The molecule has 0 saturated carbocycles. The number of anilines is 1. The fourth-order valence-corrected chi connectivity index (χ4v) is 4.52. The first kappa shape index (κ1) is 17.4. The van der Waals surface area contributed by atoms with E-state index in [1.807, 2.05) is 54.9 Å². The van der Waals surface area contributed by atoms with Gasteiger partial charge in [-0.05, 0) is 66.0 Å². The van der Waals surface area contributed by atoms with Gasteiger partial charge >= 0.3 is 0 Å². The van der Waals surface area contributed by atoms with Gasteiger partial charge in [0.2, 0.25) is 11.6 Å². The SMILES string of the molecule is CCc1cc(Br)c2c(c1)N[C@@]1(C=C(C)Oc3c1c(C)nn3-c1ccccc1)O2. The zero-order chi connectivity index (χ0) is 19.5. The van der Waals surface area contributed by atoms with Crippen LogP contribution in [0, 0.1) is 6.92 Å². The molecule has 0 amide bonds. The van der Waals surface area contributed by atoms with Crippen LogP contribution in [0.5, 0.6) is 11.6 Å². The van der Waals surface area contributed by atoms with Gasteiger partial charge in [-0.25, -0.2) is 4.68 Å². The highest BCUT2D eigenvalue weighted by atomic mass is 79.9. The third-order valence-electron chi connectivity index (χ3n) is 5.15. The number of para-hydroxylation sites is 1. The molecule has 142 valence electrons. The second-order valence-corrected chi connectivity index (χ2v) is 7.99. The summed E-state index contributed by atoms with van der Waals surface area (Å²) in [5, 5.41) is 8.36. The summed E-state index contributed by atoms with van der Waals surface area (Å²) < 4.78 is 15.4. The van der Waals surface area contributed by atoms with Crippen molar-refractivity contribution in [3.63, 3.8) is 0 Å². The Labute approximate surface area is 172 Å². The van der Waals surface area contributed by atoms with E-state index in [9.17, 15) is 0 Å². The van der Waals surface area contributed by atoms with Gasteiger partial charge < -0.3 is 14.8 Å². The van der Waals surface area contributed by atoms with Crippen molar-refractivity contribution < 1.29 is 9.47 Å². The Kier molecular flexibility index (Phi) is 3.81. The van der Waals surface area contributed by atoms with Gasteiger partial charge in [0.15, 0.2) is 5.75 Å². The molecule has 0 saturated heterocycles. The fraction of sp³-hybridized carbons (Fsp3) is 0.227. The molecule has 6 heteroatoms. The molecule has 1 N–H and O–H groups in total. The molecule has 5 nitrogen and oxygen atoms in total. The van der Waals surface area contributed by atoms with Crippen LogP contribution in [-0.2, 0) is 12.1 Å². The first-order chi connectivity index (χ1) is 13.5. The molecule has 0 bridgehead atoms. The van der Waals surface area contributed by atoms with E-state index >= 15 is 0 Å². The number of benzene rings is 2. The minimum Gasteiger partial charge on any atom is -0.456 e. The number of aryl methyl sites for hydroxylation is 2. The number of rotatable bonds is 2. The van der Waals surface area contributed by atoms with Gasteiger partial charge in [-0.2, -0.15) is 5.10 Å². The quantitative estimate of drug-likeness (QED) is 0.578. The Morgan fingerprint density at radius 1 is 1.18 bits per heavy atom. The molecule has 0 radical (unpaired) electrons. The molecule has 1 spiro atoms. The maximum absolute atomic E-state index is 6.52. The predicted molar refractivity (Wildman–Crippen MR) is 112 cm³/mol. The lowest BCUT2D eigenvalue weighted by atomic mass is 10.00. The molecular formula is C22H20BrN3O2. The Morgan fingerprint density at radius 2 is 1.96 bits per heavy atom. The van der Waals surface area contributed by atoms with E-state index < -0.39 is 5.72 Å². The van der Waals surface area contributed by atoms with E-state index in [0.29, 0.717) is 5.88 Å². The van der Waals surface area contributed by atoms with Crippen LogP contribution in [-0.4, -0.2) is 9.78 Å². The topological polar surface area (TPSA) is 48.3 Å². The second kappa shape index (κ2) is 6.14. The molecule has 1 aromatic heterocycles. The van der Waals surface area contributed by atoms with Crippen LogP contribution >= 0.6 is 15.9 Å². The number of halogens is 1. The first-order valence-electron chi connectivity index (χ1n) is 9.33. The van der Waals surface area contributed by atoms with Crippen LogP contribution in [0.2, 0.25) is 0 Å². The van der Waals surface area contributed by atoms with Crippen LogP contribution in [0.1, 0.15) is 30.7 Å². The molecule has 28 heavy (non-hydrogen) atoms. The summed E-state index contributed by atoms with van der Waals surface area (Å²) in [6.07, 6.45) is 2.94. The molecule has 0 aliphatic carbocycles. The lowest BCUT2D eigenvalue weighted by molar-refractivity contribution is 0.152. The molecule has 3 heterocycles. The highest BCUT2D eigenvalue weighted by Gasteiger charge is 2.48. The number of hydrogen-bond donors (Lipinski definition) is 1. The van der Waals surface area contributed by atoms with Gasteiger partial charge in [-0.1, -0.05) is 25.1 Å². The summed E-state index contributed by atoms with van der Waals surface area (Å²) in [6, 6.07) is 14.2. The summed E-state index contributed by atoms with van der Waals surface area (Å²) in [4.78, 5) is 0. The number of ether oxygens (including phenoxy) is 2. The van der Waals surface area contributed by atoms with Crippen molar-refractivity contribution in [1.82, 2.24) is 9.78 Å². The standard InChI is InChI=1S/C22H20BrN3O2/c1-4-15-10-17(23)20-18(11-15)24-22(28-20)12-13(2)27-21-19(22)14(3)25-26(21)16-8-6-5-7-9-16/h5-12,24H,4H2,1-3H3/t22-/m0/s1. The maximum Gasteiger partial charge on any atom is 0.237 e. The first-order valence-corrected chi connectivity index (χ1v) is 10.1. The molecule has 5 rings (SSSR count). The van der Waals surface area contributed by atoms with E-state index in [2.05, 4.69) is 40.3 Å². The predicted octanol–water partition coefficient (Wildman–Crippen LogP) is 5.46. The van der Waals surface area contributed by atoms with Crippen molar-refractivity contribution in [3.8, 4) is 17.3 Å². The highest BCUT2D eigenvalue weighted by molar-refractivity contribution is 9.10. The maximum atomic E-state index is 6.52. The Hall–Kier alpha value is -2.73. The van der Waals surface area contributed by atoms with Gasteiger partial charge in [-0.15, -0.1) is 0 Å². The number of fused-ring (bicyclic) bond motifs is 3. The van der Waals surface area contributed by atoms with E-state index in [1.165, 1.54) is 5.56 Å². The lowest BCUT2D eigenvalue weighted by Gasteiger charge is -2.31. The third-order valence-corrected chi connectivity index (χ3v) is 5.74. The largest absolute Gasteiger partial charge is 0.456 e. The Bertz CT molecular complexity index is 1120. The van der Waals surface area contributed by atoms with Crippen molar-refractivity contribution in [2.75, 3.05) is 5.32 Å². The summed E-state index contributed by atoms with van der Waals surface area (Å²) in [7, 11) is 0. The van der Waals surface area contributed by atoms with Crippen molar-refractivity contribution in [2.45, 2.75) is 32.9 Å². The van der Waals surface area contributed by atoms with E-state index in [1.54, 1.807) is 0 Å². The molecule has 1 atom stereocenters. The van der Waals surface area contributed by atoms with Crippen molar-refractivity contribution in [2.24, 2.45) is 0 Å². The molecule has 3 aromatic rings. The molecule has 0 fully saturated rings. The van der Waals surface area contributed by atoms with Crippen LogP contribution < -0.4 is 14.8 Å². The summed E-state index contributed by atoms with van der Waals surface area (Å²) in [5.74, 6) is 2.24. The molecule has 2 aliphatic rings. The fourth-order valence-electron chi connectivity index (χ4n) is 3.93. The zero-order valence-electron chi connectivity index (χ0n) is 15.9. The van der Waals surface area contributed by atoms with E-state index in [0.717, 1.165) is 45.0 Å². The minimum atomic E-state index is -0.841. The monoisotopic (exact) mass is 437 g/mol. The molecular weight excluding hydrogens is 418 g/mol. The van der Waals surface area contributed by atoms with E-state index in [-0.39, 0.29) is 0 Å². The van der Waals surface area contributed by atoms with E-state index in [4.69, 9.17) is 14.6 Å². The minimum absolute atomic E-state index is 0.677.